The first-order valence-corrected chi connectivity index (χ1v) is 8.52. The summed E-state index contributed by atoms with van der Waals surface area (Å²) >= 11 is 0. The SMILES string of the molecule is FC1(F)CCC2C(CCC3C4CCCC4CC[C@H]23)C1. The van der Waals surface area contributed by atoms with Crippen molar-refractivity contribution < 1.29 is 8.78 Å². The Bertz CT molecular complexity index is 351. The molecule has 0 N–H and O–H groups in total. The predicted octanol–water partition coefficient (Wildman–Crippen LogP) is 5.27. The highest BCUT2D eigenvalue weighted by Crippen LogP contribution is 2.59. The van der Waals surface area contributed by atoms with E-state index in [0.29, 0.717) is 11.8 Å². The molecule has 0 aromatic rings. The molecule has 0 bridgehead atoms. The lowest BCUT2D eigenvalue weighted by Gasteiger charge is -2.52. The Morgan fingerprint density at radius 1 is 0.632 bits per heavy atom. The van der Waals surface area contributed by atoms with Crippen LogP contribution in [0.2, 0.25) is 0 Å². The van der Waals surface area contributed by atoms with Crippen LogP contribution in [-0.2, 0) is 0 Å². The van der Waals surface area contributed by atoms with E-state index in [1.807, 2.05) is 0 Å². The quantitative estimate of drug-likeness (QED) is 0.561. The maximum absolute atomic E-state index is 13.6. The van der Waals surface area contributed by atoms with Crippen LogP contribution in [0, 0.1) is 35.5 Å². The second-order valence-corrected chi connectivity index (χ2v) is 7.86. The number of hydrogen-bond donors (Lipinski definition) is 0. The van der Waals surface area contributed by atoms with Crippen molar-refractivity contribution in [3.05, 3.63) is 0 Å². The van der Waals surface area contributed by atoms with Crippen molar-refractivity contribution in [2.24, 2.45) is 35.5 Å². The zero-order valence-corrected chi connectivity index (χ0v) is 11.8. The minimum Gasteiger partial charge on any atom is -0.207 e. The van der Waals surface area contributed by atoms with Crippen LogP contribution in [0.25, 0.3) is 0 Å². The molecule has 0 aliphatic heterocycles. The third-order valence-corrected chi connectivity index (χ3v) is 7.12. The van der Waals surface area contributed by atoms with Crippen molar-refractivity contribution >= 4 is 0 Å². The van der Waals surface area contributed by atoms with Crippen LogP contribution in [0.15, 0.2) is 0 Å². The zero-order chi connectivity index (χ0) is 13.0. The van der Waals surface area contributed by atoms with Gasteiger partial charge in [-0.1, -0.05) is 12.8 Å². The van der Waals surface area contributed by atoms with Gasteiger partial charge in [-0.25, -0.2) is 8.78 Å². The Labute approximate surface area is 115 Å². The number of hydrogen-bond acceptors (Lipinski definition) is 0. The van der Waals surface area contributed by atoms with Crippen molar-refractivity contribution in [2.45, 2.75) is 70.1 Å². The first-order valence-electron chi connectivity index (χ1n) is 8.52. The maximum atomic E-state index is 13.6. The lowest BCUT2D eigenvalue weighted by molar-refractivity contribution is -0.111. The minimum absolute atomic E-state index is 0.172. The summed E-state index contributed by atoms with van der Waals surface area (Å²) in [6.45, 7) is 0. The molecule has 0 radical (unpaired) electrons. The Morgan fingerprint density at radius 2 is 1.32 bits per heavy atom. The van der Waals surface area contributed by atoms with Crippen LogP contribution in [0.1, 0.15) is 64.2 Å². The van der Waals surface area contributed by atoms with E-state index in [4.69, 9.17) is 0 Å². The summed E-state index contributed by atoms with van der Waals surface area (Å²) in [6.07, 6.45) is 10.7. The fraction of sp³-hybridized carbons (Fsp3) is 1.00. The van der Waals surface area contributed by atoms with Gasteiger partial charge >= 0.3 is 0 Å². The summed E-state index contributed by atoms with van der Waals surface area (Å²) in [5.41, 5.74) is 0. The van der Waals surface area contributed by atoms with Crippen LogP contribution in [-0.4, -0.2) is 5.92 Å². The van der Waals surface area contributed by atoms with Gasteiger partial charge in [-0.3, -0.25) is 0 Å². The molecule has 0 saturated heterocycles. The first-order chi connectivity index (χ1) is 9.14. The first kappa shape index (κ1) is 12.6. The standard InChI is InChI=1S/C17H26F2/c18-17(19)9-8-14-12(10-17)5-7-15-13-3-1-2-11(13)4-6-16(14)15/h11-16H,1-10H2/t11?,12?,13?,14?,15?,16-/m1/s1. The summed E-state index contributed by atoms with van der Waals surface area (Å²) < 4.78 is 27.2. The third kappa shape index (κ3) is 2.05. The maximum Gasteiger partial charge on any atom is 0.248 e. The summed E-state index contributed by atoms with van der Waals surface area (Å²) in [5.74, 6) is 2.36. The van der Waals surface area contributed by atoms with Crippen molar-refractivity contribution in [1.29, 1.82) is 0 Å². The van der Waals surface area contributed by atoms with Gasteiger partial charge < -0.3 is 0 Å². The molecule has 4 fully saturated rings. The Balaban J connectivity index is 1.53. The zero-order valence-electron chi connectivity index (χ0n) is 11.8. The van der Waals surface area contributed by atoms with Crippen molar-refractivity contribution in [1.82, 2.24) is 0 Å². The van der Waals surface area contributed by atoms with E-state index in [1.54, 1.807) is 0 Å². The van der Waals surface area contributed by atoms with E-state index in [-0.39, 0.29) is 12.8 Å². The molecule has 0 nitrogen and oxygen atoms in total. The fourth-order valence-electron chi connectivity index (χ4n) is 6.42. The highest BCUT2D eigenvalue weighted by Gasteiger charge is 2.52. The molecule has 0 spiro atoms. The van der Waals surface area contributed by atoms with Crippen LogP contribution in [0.3, 0.4) is 0 Å². The van der Waals surface area contributed by atoms with E-state index >= 15 is 0 Å². The fourth-order valence-corrected chi connectivity index (χ4v) is 6.42. The Hall–Kier alpha value is -0.140. The minimum atomic E-state index is -2.35. The summed E-state index contributed by atoms with van der Waals surface area (Å²) in [7, 11) is 0. The van der Waals surface area contributed by atoms with E-state index < -0.39 is 5.92 Å². The summed E-state index contributed by atoms with van der Waals surface area (Å²) in [6, 6.07) is 0. The molecule has 0 aromatic heterocycles. The second kappa shape index (κ2) is 4.43. The van der Waals surface area contributed by atoms with E-state index in [9.17, 15) is 8.78 Å². The molecule has 6 atom stereocenters. The number of halogens is 2. The smallest absolute Gasteiger partial charge is 0.207 e. The van der Waals surface area contributed by atoms with Gasteiger partial charge in [0, 0.05) is 12.8 Å². The summed E-state index contributed by atoms with van der Waals surface area (Å²) in [5, 5.41) is 0. The molecule has 0 heterocycles. The Kier molecular flexibility index (Phi) is 2.93. The molecular formula is C17H26F2. The van der Waals surface area contributed by atoms with Crippen LogP contribution >= 0.6 is 0 Å². The van der Waals surface area contributed by atoms with Crippen molar-refractivity contribution in [3.63, 3.8) is 0 Å². The molecular weight excluding hydrogens is 242 g/mol. The van der Waals surface area contributed by atoms with Gasteiger partial charge in [0.05, 0.1) is 0 Å². The van der Waals surface area contributed by atoms with Gasteiger partial charge in [0.25, 0.3) is 0 Å². The largest absolute Gasteiger partial charge is 0.248 e. The van der Waals surface area contributed by atoms with Crippen LogP contribution < -0.4 is 0 Å². The highest BCUT2D eigenvalue weighted by atomic mass is 19.3. The van der Waals surface area contributed by atoms with Crippen LogP contribution in [0.5, 0.6) is 0 Å². The van der Waals surface area contributed by atoms with Gasteiger partial charge in [-0.2, -0.15) is 0 Å². The lowest BCUT2D eigenvalue weighted by Crippen LogP contribution is -2.46. The van der Waals surface area contributed by atoms with Crippen molar-refractivity contribution in [2.75, 3.05) is 0 Å². The van der Waals surface area contributed by atoms with Gasteiger partial charge in [0.2, 0.25) is 5.92 Å². The molecule has 4 aliphatic carbocycles. The molecule has 4 aliphatic rings. The predicted molar refractivity (Wildman–Crippen MR) is 72.1 cm³/mol. The van der Waals surface area contributed by atoms with Crippen LogP contribution in [0.4, 0.5) is 8.78 Å². The lowest BCUT2D eigenvalue weighted by atomic mass is 9.53. The van der Waals surface area contributed by atoms with Gasteiger partial charge in [0.15, 0.2) is 0 Å². The number of rotatable bonds is 0. The average molecular weight is 268 g/mol. The number of alkyl halides is 2. The highest BCUT2D eigenvalue weighted by molar-refractivity contribution is 5.00. The monoisotopic (exact) mass is 268 g/mol. The van der Waals surface area contributed by atoms with E-state index in [1.165, 1.54) is 38.5 Å². The Morgan fingerprint density at radius 3 is 2.11 bits per heavy atom. The van der Waals surface area contributed by atoms with Gasteiger partial charge in [-0.05, 0) is 74.0 Å². The molecule has 108 valence electrons. The van der Waals surface area contributed by atoms with E-state index in [0.717, 1.165) is 36.5 Å². The molecule has 0 aromatic carbocycles. The number of fused-ring (bicyclic) bond motifs is 5. The second-order valence-electron chi connectivity index (χ2n) is 7.86. The summed E-state index contributed by atoms with van der Waals surface area (Å²) in [4.78, 5) is 0. The molecule has 2 heteroatoms. The normalized spacial score (nSPS) is 52.1. The van der Waals surface area contributed by atoms with Gasteiger partial charge in [-0.15, -0.1) is 0 Å². The third-order valence-electron chi connectivity index (χ3n) is 7.12. The molecule has 4 rings (SSSR count). The van der Waals surface area contributed by atoms with E-state index in [2.05, 4.69) is 0 Å². The van der Waals surface area contributed by atoms with Gasteiger partial charge in [0.1, 0.15) is 0 Å². The van der Waals surface area contributed by atoms with Crippen molar-refractivity contribution in [3.8, 4) is 0 Å². The average Bonchev–Trinajstić information content (AvgIpc) is 2.85. The topological polar surface area (TPSA) is 0 Å². The molecule has 5 unspecified atom stereocenters. The molecule has 4 saturated carbocycles. The molecule has 19 heavy (non-hydrogen) atoms. The molecule has 0 amide bonds.